The third-order valence-corrected chi connectivity index (χ3v) is 4.99. The molecule has 0 radical (unpaired) electrons. The normalized spacial score (nSPS) is 12.9. The molecule has 1 aliphatic heterocycles. The summed E-state index contributed by atoms with van der Waals surface area (Å²) in [6, 6.07) is 13.4. The minimum absolute atomic E-state index is 0.0486. The summed E-state index contributed by atoms with van der Waals surface area (Å²) in [5, 5.41) is 5.69. The smallest absolute Gasteiger partial charge is 0.251 e. The van der Waals surface area contributed by atoms with E-state index in [2.05, 4.69) is 31.4 Å². The van der Waals surface area contributed by atoms with Crippen LogP contribution in [0.15, 0.2) is 42.5 Å². The molecular formula is C24H30N2O4. The van der Waals surface area contributed by atoms with Gasteiger partial charge in [0.05, 0.1) is 0 Å². The molecule has 30 heavy (non-hydrogen) atoms. The van der Waals surface area contributed by atoms with Crippen LogP contribution in [0.2, 0.25) is 0 Å². The molecule has 2 N–H and O–H groups in total. The molecule has 2 aromatic rings. The molecular weight excluding hydrogens is 380 g/mol. The second kappa shape index (κ2) is 9.65. The zero-order valence-corrected chi connectivity index (χ0v) is 17.9. The maximum atomic E-state index is 12.2. The number of benzene rings is 2. The van der Waals surface area contributed by atoms with Gasteiger partial charge < -0.3 is 20.1 Å². The SMILES string of the molecule is CC(C)(C)c1ccc(C(=O)NCCC(=O)NCCc2ccc3c(c2)OCCO3)cc1. The Morgan fingerprint density at radius 3 is 2.30 bits per heavy atom. The lowest BCUT2D eigenvalue weighted by Crippen LogP contribution is -2.31. The molecule has 160 valence electrons. The van der Waals surface area contributed by atoms with Crippen LogP contribution in [0.5, 0.6) is 11.5 Å². The van der Waals surface area contributed by atoms with E-state index in [9.17, 15) is 9.59 Å². The van der Waals surface area contributed by atoms with Gasteiger partial charge in [0.1, 0.15) is 13.2 Å². The second-order valence-corrected chi connectivity index (χ2v) is 8.41. The van der Waals surface area contributed by atoms with E-state index in [1.54, 1.807) is 0 Å². The van der Waals surface area contributed by atoms with Gasteiger partial charge in [-0.3, -0.25) is 9.59 Å². The standard InChI is InChI=1S/C24H30N2O4/c1-24(2,3)19-7-5-18(6-8-19)23(28)26-13-11-22(27)25-12-10-17-4-9-20-21(16-17)30-15-14-29-20/h4-9,16H,10-15H2,1-3H3,(H,25,27)(H,26,28). The summed E-state index contributed by atoms with van der Waals surface area (Å²) >= 11 is 0. The average molecular weight is 411 g/mol. The molecule has 0 aromatic heterocycles. The van der Waals surface area contributed by atoms with Crippen LogP contribution in [-0.4, -0.2) is 38.1 Å². The molecule has 0 saturated carbocycles. The lowest BCUT2D eigenvalue weighted by molar-refractivity contribution is -0.120. The van der Waals surface area contributed by atoms with Crippen LogP contribution < -0.4 is 20.1 Å². The van der Waals surface area contributed by atoms with E-state index in [4.69, 9.17) is 9.47 Å². The summed E-state index contributed by atoms with van der Waals surface area (Å²) in [6.07, 6.45) is 0.946. The van der Waals surface area contributed by atoms with Crippen molar-refractivity contribution in [1.29, 1.82) is 0 Å². The monoisotopic (exact) mass is 410 g/mol. The van der Waals surface area contributed by atoms with Crippen LogP contribution in [-0.2, 0) is 16.6 Å². The van der Waals surface area contributed by atoms with Crippen molar-refractivity contribution in [1.82, 2.24) is 10.6 Å². The predicted octanol–water partition coefficient (Wildman–Crippen LogP) is 3.23. The Bertz CT molecular complexity index is 885. The van der Waals surface area contributed by atoms with Crippen LogP contribution in [0.4, 0.5) is 0 Å². The van der Waals surface area contributed by atoms with E-state index in [1.165, 1.54) is 5.56 Å². The van der Waals surface area contributed by atoms with Gasteiger partial charge in [0.25, 0.3) is 5.91 Å². The lowest BCUT2D eigenvalue weighted by atomic mass is 9.87. The zero-order chi connectivity index (χ0) is 21.6. The molecule has 6 heteroatoms. The van der Waals surface area contributed by atoms with E-state index in [0.29, 0.717) is 38.3 Å². The van der Waals surface area contributed by atoms with Crippen LogP contribution >= 0.6 is 0 Å². The summed E-state index contributed by atoms with van der Waals surface area (Å²) < 4.78 is 11.1. The summed E-state index contributed by atoms with van der Waals surface area (Å²) in [5.74, 6) is 1.26. The first-order valence-corrected chi connectivity index (χ1v) is 10.4. The first-order valence-electron chi connectivity index (χ1n) is 10.4. The first kappa shape index (κ1) is 21.7. The number of fused-ring (bicyclic) bond motifs is 1. The van der Waals surface area contributed by atoms with Gasteiger partial charge in [-0.1, -0.05) is 39.0 Å². The molecule has 0 saturated heterocycles. The quantitative estimate of drug-likeness (QED) is 0.735. The molecule has 1 heterocycles. The van der Waals surface area contributed by atoms with Gasteiger partial charge in [-0.25, -0.2) is 0 Å². The van der Waals surface area contributed by atoms with Gasteiger partial charge in [0.15, 0.2) is 11.5 Å². The highest BCUT2D eigenvalue weighted by atomic mass is 16.6. The molecule has 6 nitrogen and oxygen atoms in total. The second-order valence-electron chi connectivity index (χ2n) is 8.41. The van der Waals surface area contributed by atoms with Crippen molar-refractivity contribution in [3.8, 4) is 11.5 Å². The highest BCUT2D eigenvalue weighted by Crippen LogP contribution is 2.30. The van der Waals surface area contributed by atoms with Crippen LogP contribution in [0.25, 0.3) is 0 Å². The fourth-order valence-electron chi connectivity index (χ4n) is 3.19. The summed E-state index contributed by atoms with van der Waals surface area (Å²) in [5.41, 5.74) is 2.90. The Labute approximate surface area is 178 Å². The van der Waals surface area contributed by atoms with Crippen molar-refractivity contribution in [2.45, 2.75) is 39.0 Å². The van der Waals surface area contributed by atoms with Crippen molar-refractivity contribution >= 4 is 11.8 Å². The Morgan fingerprint density at radius 2 is 1.60 bits per heavy atom. The number of ether oxygens (including phenoxy) is 2. The maximum absolute atomic E-state index is 12.2. The molecule has 0 atom stereocenters. The van der Waals surface area contributed by atoms with Crippen molar-refractivity contribution < 1.29 is 19.1 Å². The molecule has 0 aliphatic carbocycles. The number of carbonyl (C=O) groups excluding carboxylic acids is 2. The molecule has 0 bridgehead atoms. The third-order valence-electron chi connectivity index (χ3n) is 4.99. The Balaban J connectivity index is 1.36. The number of amides is 2. The topological polar surface area (TPSA) is 76.7 Å². The maximum Gasteiger partial charge on any atom is 0.251 e. The average Bonchev–Trinajstić information content (AvgIpc) is 2.73. The Kier molecular flexibility index (Phi) is 6.98. The number of nitrogens with one attached hydrogen (secondary N) is 2. The van der Waals surface area contributed by atoms with Crippen molar-refractivity contribution in [2.24, 2.45) is 0 Å². The minimum Gasteiger partial charge on any atom is -0.486 e. The molecule has 2 aromatic carbocycles. The molecule has 0 spiro atoms. The van der Waals surface area contributed by atoms with E-state index < -0.39 is 0 Å². The fourth-order valence-corrected chi connectivity index (χ4v) is 3.19. The summed E-state index contributed by atoms with van der Waals surface area (Å²) in [6.45, 7) is 8.36. The van der Waals surface area contributed by atoms with Crippen LogP contribution in [0, 0.1) is 0 Å². The Morgan fingerprint density at radius 1 is 0.900 bits per heavy atom. The van der Waals surface area contributed by atoms with Crippen molar-refractivity contribution in [3.63, 3.8) is 0 Å². The van der Waals surface area contributed by atoms with E-state index in [-0.39, 0.29) is 23.7 Å². The van der Waals surface area contributed by atoms with Gasteiger partial charge in [0.2, 0.25) is 5.91 Å². The lowest BCUT2D eigenvalue weighted by Gasteiger charge is -2.19. The first-order chi connectivity index (χ1) is 14.3. The number of hydrogen-bond donors (Lipinski definition) is 2. The molecule has 0 fully saturated rings. The molecule has 0 unspecified atom stereocenters. The largest absolute Gasteiger partial charge is 0.486 e. The summed E-state index contributed by atoms with van der Waals surface area (Å²) in [7, 11) is 0. The Hall–Kier alpha value is -3.02. The van der Waals surface area contributed by atoms with Gasteiger partial charge in [-0.05, 0) is 47.2 Å². The van der Waals surface area contributed by atoms with Gasteiger partial charge in [-0.15, -0.1) is 0 Å². The zero-order valence-electron chi connectivity index (χ0n) is 17.9. The van der Waals surface area contributed by atoms with E-state index in [1.807, 2.05) is 42.5 Å². The predicted molar refractivity (Wildman–Crippen MR) is 116 cm³/mol. The van der Waals surface area contributed by atoms with Crippen molar-refractivity contribution in [2.75, 3.05) is 26.3 Å². The number of carbonyl (C=O) groups is 2. The van der Waals surface area contributed by atoms with Gasteiger partial charge in [-0.2, -0.15) is 0 Å². The van der Waals surface area contributed by atoms with Gasteiger partial charge >= 0.3 is 0 Å². The van der Waals surface area contributed by atoms with E-state index in [0.717, 1.165) is 17.1 Å². The van der Waals surface area contributed by atoms with Crippen LogP contribution in [0.1, 0.15) is 48.7 Å². The van der Waals surface area contributed by atoms with E-state index >= 15 is 0 Å². The highest BCUT2D eigenvalue weighted by Gasteiger charge is 2.14. The molecule has 3 rings (SSSR count). The summed E-state index contributed by atoms with van der Waals surface area (Å²) in [4.78, 5) is 24.3. The van der Waals surface area contributed by atoms with Crippen LogP contribution in [0.3, 0.4) is 0 Å². The number of hydrogen-bond acceptors (Lipinski definition) is 4. The minimum atomic E-state index is -0.167. The van der Waals surface area contributed by atoms with Crippen molar-refractivity contribution in [3.05, 3.63) is 59.2 Å². The van der Waals surface area contributed by atoms with Gasteiger partial charge in [0, 0.05) is 25.1 Å². The fraction of sp³-hybridized carbons (Fsp3) is 0.417. The number of rotatable bonds is 7. The third kappa shape index (κ3) is 5.99. The molecule has 2 amide bonds. The molecule has 1 aliphatic rings. The highest BCUT2D eigenvalue weighted by molar-refractivity contribution is 5.94.